The molecule has 0 radical (unpaired) electrons. The molecule has 0 amide bonds. The van der Waals surface area contributed by atoms with Crippen LogP contribution in [0, 0.1) is 24.0 Å². The van der Waals surface area contributed by atoms with Crippen molar-refractivity contribution in [2.75, 3.05) is 5.32 Å². The lowest BCUT2D eigenvalue weighted by Crippen LogP contribution is -2.08. The fraction of sp³-hybridized carbons (Fsp3) is 0.308. The molecule has 0 bridgehead atoms. The highest BCUT2D eigenvalue weighted by atomic mass is 16.6. The first-order valence-electron chi connectivity index (χ1n) is 5.91. The first-order valence-corrected chi connectivity index (χ1v) is 5.91. The zero-order valence-corrected chi connectivity index (χ0v) is 11.0. The van der Waals surface area contributed by atoms with Crippen molar-refractivity contribution in [3.05, 3.63) is 51.7 Å². The molecule has 0 aliphatic carbocycles. The third kappa shape index (κ3) is 2.90. The van der Waals surface area contributed by atoms with E-state index in [2.05, 4.69) is 10.3 Å². The standard InChI is InChI=1S/C13H15N3O3/c1-8-6-11(16(17)18)4-5-12(8)15-10(3)13-14-7-9(2)19-13/h4-7,10,15H,1-3H3. The van der Waals surface area contributed by atoms with Crippen molar-refractivity contribution in [2.24, 2.45) is 0 Å². The quantitative estimate of drug-likeness (QED) is 0.674. The van der Waals surface area contributed by atoms with Gasteiger partial charge in [0.25, 0.3) is 5.69 Å². The summed E-state index contributed by atoms with van der Waals surface area (Å²) >= 11 is 0. The zero-order chi connectivity index (χ0) is 14.0. The Morgan fingerprint density at radius 1 is 1.42 bits per heavy atom. The fourth-order valence-electron chi connectivity index (χ4n) is 1.79. The number of hydrogen-bond donors (Lipinski definition) is 1. The molecule has 19 heavy (non-hydrogen) atoms. The van der Waals surface area contributed by atoms with E-state index >= 15 is 0 Å². The van der Waals surface area contributed by atoms with E-state index in [1.54, 1.807) is 12.3 Å². The third-order valence-corrected chi connectivity index (χ3v) is 2.80. The molecule has 0 saturated heterocycles. The van der Waals surface area contributed by atoms with Crippen LogP contribution in [0.25, 0.3) is 0 Å². The van der Waals surface area contributed by atoms with Gasteiger partial charge in [0.1, 0.15) is 11.8 Å². The molecular weight excluding hydrogens is 246 g/mol. The highest BCUT2D eigenvalue weighted by Gasteiger charge is 2.14. The number of nitrogens with one attached hydrogen (secondary N) is 1. The Bertz CT molecular complexity index is 607. The molecule has 1 aromatic carbocycles. The lowest BCUT2D eigenvalue weighted by Gasteiger charge is -2.13. The number of hydrogen-bond acceptors (Lipinski definition) is 5. The zero-order valence-electron chi connectivity index (χ0n) is 11.0. The maximum absolute atomic E-state index is 10.7. The van der Waals surface area contributed by atoms with Crippen LogP contribution in [0.1, 0.15) is 30.2 Å². The van der Waals surface area contributed by atoms with E-state index in [9.17, 15) is 10.1 Å². The molecule has 100 valence electrons. The number of nitrogens with zero attached hydrogens (tertiary/aromatic N) is 2. The van der Waals surface area contributed by atoms with Gasteiger partial charge in [-0.3, -0.25) is 10.1 Å². The van der Waals surface area contributed by atoms with E-state index in [1.807, 2.05) is 20.8 Å². The van der Waals surface area contributed by atoms with Crippen molar-refractivity contribution < 1.29 is 9.34 Å². The smallest absolute Gasteiger partial charge is 0.269 e. The van der Waals surface area contributed by atoms with Gasteiger partial charge in [0.05, 0.1) is 11.1 Å². The van der Waals surface area contributed by atoms with Gasteiger partial charge in [0.2, 0.25) is 5.89 Å². The lowest BCUT2D eigenvalue weighted by molar-refractivity contribution is -0.384. The van der Waals surface area contributed by atoms with E-state index in [4.69, 9.17) is 4.42 Å². The molecule has 2 aromatic rings. The molecule has 0 spiro atoms. The predicted octanol–water partition coefficient (Wildman–Crippen LogP) is 3.37. The minimum atomic E-state index is -0.405. The summed E-state index contributed by atoms with van der Waals surface area (Å²) in [5.74, 6) is 1.35. The van der Waals surface area contributed by atoms with Crippen LogP contribution in [0.5, 0.6) is 0 Å². The van der Waals surface area contributed by atoms with Crippen LogP contribution in [0.4, 0.5) is 11.4 Å². The number of rotatable bonds is 4. The average Bonchev–Trinajstić information content (AvgIpc) is 2.78. The van der Waals surface area contributed by atoms with Crippen LogP contribution in [0.2, 0.25) is 0 Å². The van der Waals surface area contributed by atoms with Gasteiger partial charge in [0, 0.05) is 17.8 Å². The number of aryl methyl sites for hydroxylation is 2. The van der Waals surface area contributed by atoms with Gasteiger partial charge in [-0.15, -0.1) is 0 Å². The summed E-state index contributed by atoms with van der Waals surface area (Å²) in [5, 5.41) is 13.9. The second-order valence-corrected chi connectivity index (χ2v) is 4.43. The Labute approximate surface area is 110 Å². The van der Waals surface area contributed by atoms with E-state index in [1.165, 1.54) is 12.1 Å². The molecule has 2 rings (SSSR count). The lowest BCUT2D eigenvalue weighted by atomic mass is 10.1. The molecule has 0 aliphatic rings. The summed E-state index contributed by atoms with van der Waals surface area (Å²) in [5.41, 5.74) is 1.72. The van der Waals surface area contributed by atoms with Crippen LogP contribution >= 0.6 is 0 Å². The largest absolute Gasteiger partial charge is 0.444 e. The van der Waals surface area contributed by atoms with Crippen molar-refractivity contribution >= 4 is 11.4 Å². The minimum Gasteiger partial charge on any atom is -0.444 e. The summed E-state index contributed by atoms with van der Waals surface area (Å²) in [6.45, 7) is 5.58. The number of nitro benzene ring substituents is 1. The molecule has 1 atom stereocenters. The Morgan fingerprint density at radius 2 is 2.16 bits per heavy atom. The Morgan fingerprint density at radius 3 is 2.68 bits per heavy atom. The minimum absolute atomic E-state index is 0.0858. The third-order valence-electron chi connectivity index (χ3n) is 2.80. The Balaban J connectivity index is 2.17. The van der Waals surface area contributed by atoms with Crippen molar-refractivity contribution in [1.29, 1.82) is 0 Å². The number of aromatic nitrogens is 1. The predicted molar refractivity (Wildman–Crippen MR) is 71.1 cm³/mol. The topological polar surface area (TPSA) is 81.2 Å². The molecule has 6 heteroatoms. The normalized spacial score (nSPS) is 12.2. The molecule has 1 heterocycles. The molecular formula is C13H15N3O3. The van der Waals surface area contributed by atoms with Gasteiger partial charge in [-0.2, -0.15) is 0 Å². The van der Waals surface area contributed by atoms with E-state index in [-0.39, 0.29) is 11.7 Å². The number of anilines is 1. The van der Waals surface area contributed by atoms with Gasteiger partial charge in [-0.05, 0) is 32.4 Å². The van der Waals surface area contributed by atoms with Crippen molar-refractivity contribution in [1.82, 2.24) is 4.98 Å². The summed E-state index contributed by atoms with van der Waals surface area (Å²) in [6, 6.07) is 4.60. The van der Waals surface area contributed by atoms with Crippen LogP contribution in [-0.2, 0) is 0 Å². The highest BCUT2D eigenvalue weighted by Crippen LogP contribution is 2.25. The SMILES string of the molecule is Cc1cnc(C(C)Nc2ccc([N+](=O)[O-])cc2C)o1. The van der Waals surface area contributed by atoms with Crippen LogP contribution < -0.4 is 5.32 Å². The van der Waals surface area contributed by atoms with Gasteiger partial charge in [-0.1, -0.05) is 0 Å². The van der Waals surface area contributed by atoms with Gasteiger partial charge >= 0.3 is 0 Å². The second-order valence-electron chi connectivity index (χ2n) is 4.43. The number of oxazole rings is 1. The fourth-order valence-corrected chi connectivity index (χ4v) is 1.79. The molecule has 1 N–H and O–H groups in total. The molecule has 1 unspecified atom stereocenters. The van der Waals surface area contributed by atoms with Crippen LogP contribution in [0.3, 0.4) is 0 Å². The number of nitro groups is 1. The van der Waals surface area contributed by atoms with Gasteiger partial charge in [0.15, 0.2) is 0 Å². The van der Waals surface area contributed by atoms with Crippen LogP contribution in [-0.4, -0.2) is 9.91 Å². The van der Waals surface area contributed by atoms with Crippen molar-refractivity contribution in [2.45, 2.75) is 26.8 Å². The van der Waals surface area contributed by atoms with E-state index < -0.39 is 4.92 Å². The molecule has 0 fully saturated rings. The first-order chi connectivity index (χ1) is 8.97. The molecule has 6 nitrogen and oxygen atoms in total. The maximum atomic E-state index is 10.7. The molecule has 0 saturated carbocycles. The second kappa shape index (κ2) is 5.09. The van der Waals surface area contributed by atoms with Crippen LogP contribution in [0.15, 0.2) is 28.8 Å². The summed E-state index contributed by atoms with van der Waals surface area (Å²) in [4.78, 5) is 14.4. The maximum Gasteiger partial charge on any atom is 0.269 e. The number of benzene rings is 1. The highest BCUT2D eigenvalue weighted by molar-refractivity contribution is 5.56. The van der Waals surface area contributed by atoms with Gasteiger partial charge < -0.3 is 9.73 Å². The average molecular weight is 261 g/mol. The molecule has 1 aromatic heterocycles. The summed E-state index contributed by atoms with van der Waals surface area (Å²) in [6.07, 6.45) is 1.66. The first kappa shape index (κ1) is 13.1. The Kier molecular flexibility index (Phi) is 3.50. The van der Waals surface area contributed by atoms with E-state index in [0.29, 0.717) is 5.89 Å². The monoisotopic (exact) mass is 261 g/mol. The molecule has 0 aliphatic heterocycles. The van der Waals surface area contributed by atoms with Crippen molar-refractivity contribution in [3.63, 3.8) is 0 Å². The van der Waals surface area contributed by atoms with Gasteiger partial charge in [-0.25, -0.2) is 4.98 Å². The summed E-state index contributed by atoms with van der Waals surface area (Å²) < 4.78 is 5.44. The van der Waals surface area contributed by atoms with E-state index in [0.717, 1.165) is 17.0 Å². The van der Waals surface area contributed by atoms with Crippen molar-refractivity contribution in [3.8, 4) is 0 Å². The number of non-ortho nitro benzene ring substituents is 1. The Hall–Kier alpha value is -2.37. The summed E-state index contributed by atoms with van der Waals surface area (Å²) in [7, 11) is 0.